The third-order valence-electron chi connectivity index (χ3n) is 5.28. The number of thioether (sulfide) groups is 1. The molecule has 0 amide bonds. The van der Waals surface area contributed by atoms with Gasteiger partial charge in [0.2, 0.25) is 5.13 Å². The fourth-order valence-corrected chi connectivity index (χ4v) is 6.26. The van der Waals surface area contributed by atoms with E-state index < -0.39 is 11.7 Å². The summed E-state index contributed by atoms with van der Waals surface area (Å²) in [5.74, 6) is 0.821. The highest BCUT2D eigenvalue weighted by molar-refractivity contribution is 7.99. The summed E-state index contributed by atoms with van der Waals surface area (Å²) < 4.78 is 44.3. The largest absolute Gasteiger partial charge is 0.465 e. The number of anilines is 2. The van der Waals surface area contributed by atoms with Crippen molar-refractivity contribution in [3.05, 3.63) is 41.3 Å². The van der Waals surface area contributed by atoms with Gasteiger partial charge in [0.15, 0.2) is 5.01 Å². The Morgan fingerprint density at radius 3 is 2.80 bits per heavy atom. The molecule has 1 atom stereocenters. The van der Waals surface area contributed by atoms with Gasteiger partial charge >= 0.3 is 12.1 Å². The number of aromatic nitrogens is 2. The number of benzene rings is 1. The van der Waals surface area contributed by atoms with Crippen molar-refractivity contribution in [2.24, 2.45) is 5.92 Å². The van der Waals surface area contributed by atoms with Crippen LogP contribution in [0.2, 0.25) is 0 Å². The van der Waals surface area contributed by atoms with Crippen LogP contribution < -0.4 is 5.32 Å². The normalized spacial score (nSPS) is 12.5. The molecule has 0 bridgehead atoms. The Hall–Kier alpha value is -2.11. The maximum absolute atomic E-state index is 12.9. The van der Waals surface area contributed by atoms with E-state index in [-0.39, 0.29) is 5.97 Å². The predicted molar refractivity (Wildman–Crippen MR) is 138 cm³/mol. The first-order chi connectivity index (χ1) is 16.8. The van der Waals surface area contributed by atoms with E-state index >= 15 is 0 Å². The smallest absolute Gasteiger partial charge is 0.416 e. The summed E-state index contributed by atoms with van der Waals surface area (Å²) in [5.41, 5.74) is -0.435. The van der Waals surface area contributed by atoms with Crippen LogP contribution in [-0.2, 0) is 15.7 Å². The Balaban J connectivity index is 1.52. The van der Waals surface area contributed by atoms with E-state index in [4.69, 9.17) is 4.74 Å². The van der Waals surface area contributed by atoms with Gasteiger partial charge in [0, 0.05) is 16.3 Å². The van der Waals surface area contributed by atoms with Crippen LogP contribution in [0, 0.1) is 5.92 Å². The van der Waals surface area contributed by atoms with Crippen molar-refractivity contribution in [3.8, 4) is 9.88 Å². The van der Waals surface area contributed by atoms with Crippen LogP contribution in [0.15, 0.2) is 40.6 Å². The molecule has 0 saturated carbocycles. The lowest BCUT2D eigenvalue weighted by Gasteiger charge is -2.14. The summed E-state index contributed by atoms with van der Waals surface area (Å²) in [6.07, 6.45) is 0.290. The van der Waals surface area contributed by atoms with E-state index in [1.54, 1.807) is 17.8 Å². The van der Waals surface area contributed by atoms with E-state index in [0.29, 0.717) is 40.5 Å². The first kappa shape index (κ1) is 27.5. The molecule has 1 N–H and O–H groups in total. The van der Waals surface area contributed by atoms with Gasteiger partial charge in [-0.25, -0.2) is 0 Å². The highest BCUT2D eigenvalue weighted by atomic mass is 32.2. The number of esters is 1. The topological polar surface area (TPSA) is 64.1 Å². The summed E-state index contributed by atoms with van der Waals surface area (Å²) in [7, 11) is 0. The van der Waals surface area contributed by atoms with Crippen LogP contribution >= 0.6 is 34.4 Å². The third kappa shape index (κ3) is 8.50. The van der Waals surface area contributed by atoms with E-state index in [0.717, 1.165) is 47.6 Å². The van der Waals surface area contributed by atoms with Gasteiger partial charge in [-0.05, 0) is 42.0 Å². The lowest BCUT2D eigenvalue weighted by atomic mass is 10.0. The number of alkyl halides is 3. The van der Waals surface area contributed by atoms with Crippen molar-refractivity contribution >= 4 is 51.2 Å². The quantitative estimate of drug-likeness (QED) is 0.173. The highest BCUT2D eigenvalue weighted by Gasteiger charge is 2.30. The zero-order valence-electron chi connectivity index (χ0n) is 19.6. The van der Waals surface area contributed by atoms with Gasteiger partial charge in [-0.15, -0.1) is 33.3 Å². The second-order valence-electron chi connectivity index (χ2n) is 7.93. The summed E-state index contributed by atoms with van der Waals surface area (Å²) in [4.78, 5) is 14.1. The van der Waals surface area contributed by atoms with Crippen molar-refractivity contribution in [2.45, 2.75) is 57.0 Å². The molecule has 0 saturated heterocycles. The fourth-order valence-electron chi connectivity index (χ4n) is 3.25. The van der Waals surface area contributed by atoms with E-state index in [2.05, 4.69) is 29.4 Å². The lowest BCUT2D eigenvalue weighted by molar-refractivity contribution is -0.144. The maximum Gasteiger partial charge on any atom is 0.416 e. The highest BCUT2D eigenvalue weighted by Crippen LogP contribution is 2.39. The number of unbranched alkanes of at least 4 members (excludes halogenated alkanes) is 1. The minimum atomic E-state index is -4.41. The summed E-state index contributed by atoms with van der Waals surface area (Å²) >= 11 is 4.32. The molecule has 190 valence electrons. The molecule has 0 aliphatic heterocycles. The van der Waals surface area contributed by atoms with Crippen molar-refractivity contribution in [1.82, 2.24) is 10.2 Å². The fraction of sp³-hybridized carbons (Fsp3) is 0.458. The van der Waals surface area contributed by atoms with E-state index in [9.17, 15) is 18.0 Å². The molecule has 1 unspecified atom stereocenters. The molecule has 3 aromatic rings. The molecule has 3 rings (SSSR count). The number of halogens is 3. The average molecular weight is 544 g/mol. The number of carbonyl (C=O) groups is 1. The molecule has 35 heavy (non-hydrogen) atoms. The van der Waals surface area contributed by atoms with Crippen molar-refractivity contribution in [1.29, 1.82) is 0 Å². The number of ether oxygens (including phenoxy) is 1. The Labute approximate surface area is 215 Å². The minimum Gasteiger partial charge on any atom is -0.465 e. The summed E-state index contributed by atoms with van der Waals surface area (Å²) in [5, 5.41) is 14.2. The Bertz CT molecular complexity index is 1090. The Morgan fingerprint density at radius 2 is 2.06 bits per heavy atom. The second kappa shape index (κ2) is 13.3. The molecule has 0 aliphatic rings. The first-order valence-electron chi connectivity index (χ1n) is 11.4. The van der Waals surface area contributed by atoms with Crippen molar-refractivity contribution < 1.29 is 22.7 Å². The summed E-state index contributed by atoms with van der Waals surface area (Å²) in [6, 6.07) is 6.93. The zero-order chi connectivity index (χ0) is 25.3. The molecule has 2 heterocycles. The van der Waals surface area contributed by atoms with Gasteiger partial charge in [0.25, 0.3) is 0 Å². The molecule has 1 aromatic carbocycles. The number of rotatable bonds is 13. The molecule has 0 spiro atoms. The first-order valence-corrected chi connectivity index (χ1v) is 14.1. The van der Waals surface area contributed by atoms with Crippen LogP contribution in [0.25, 0.3) is 9.88 Å². The van der Waals surface area contributed by atoms with Crippen LogP contribution in [0.3, 0.4) is 0 Å². The van der Waals surface area contributed by atoms with Crippen LogP contribution in [-0.4, -0.2) is 28.5 Å². The molecular weight excluding hydrogens is 515 g/mol. The Morgan fingerprint density at radius 1 is 1.23 bits per heavy atom. The van der Waals surface area contributed by atoms with Gasteiger partial charge in [-0.2, -0.15) is 13.2 Å². The second-order valence-corrected chi connectivity index (χ2v) is 11.0. The van der Waals surface area contributed by atoms with Gasteiger partial charge in [-0.3, -0.25) is 4.79 Å². The SMILES string of the molecule is CCCCC(CC)COC(=O)CCSc1ccsc1-c1nnc(Nc2cccc(C(F)(F)F)c2)s1. The molecule has 0 aliphatic carbocycles. The van der Waals surface area contributed by atoms with Crippen LogP contribution in [0.1, 0.15) is 51.5 Å². The van der Waals surface area contributed by atoms with Crippen molar-refractivity contribution in [3.63, 3.8) is 0 Å². The van der Waals surface area contributed by atoms with Crippen LogP contribution in [0.5, 0.6) is 0 Å². The maximum atomic E-state index is 12.9. The van der Waals surface area contributed by atoms with Gasteiger partial charge < -0.3 is 10.1 Å². The third-order valence-corrected chi connectivity index (χ3v) is 8.37. The molecule has 2 aromatic heterocycles. The number of thiophene rings is 1. The minimum absolute atomic E-state index is 0.187. The van der Waals surface area contributed by atoms with Gasteiger partial charge in [-0.1, -0.05) is 50.5 Å². The number of nitrogens with one attached hydrogen (secondary N) is 1. The van der Waals surface area contributed by atoms with Gasteiger partial charge in [0.05, 0.1) is 23.5 Å². The predicted octanol–water partition coefficient (Wildman–Crippen LogP) is 8.27. The average Bonchev–Trinajstić information content (AvgIpc) is 3.48. The summed E-state index contributed by atoms with van der Waals surface area (Å²) in [6.45, 7) is 4.76. The number of hydrogen-bond acceptors (Lipinski definition) is 8. The number of hydrogen-bond donors (Lipinski definition) is 1. The zero-order valence-corrected chi connectivity index (χ0v) is 22.0. The molecule has 11 heteroatoms. The molecular formula is C24H28F3N3O2S3. The standard InChI is InChI=1S/C24H28F3N3O2S3/c1-3-5-7-16(4-2)15-32-20(31)11-13-33-19-10-12-34-21(19)22-29-30-23(35-22)28-18-9-6-8-17(14-18)24(25,26)27/h6,8-10,12,14,16H,3-5,7,11,13,15H2,1-2H3,(H,28,30). The monoisotopic (exact) mass is 543 g/mol. The van der Waals surface area contributed by atoms with Crippen LogP contribution in [0.4, 0.5) is 24.0 Å². The molecule has 0 radical (unpaired) electrons. The van der Waals surface area contributed by atoms with Gasteiger partial charge in [0.1, 0.15) is 0 Å². The van der Waals surface area contributed by atoms with E-state index in [1.165, 1.54) is 28.7 Å². The number of nitrogens with zero attached hydrogens (tertiary/aromatic N) is 2. The Kier molecular flexibility index (Phi) is 10.4. The molecule has 5 nitrogen and oxygen atoms in total. The van der Waals surface area contributed by atoms with Crippen molar-refractivity contribution in [2.75, 3.05) is 17.7 Å². The molecule has 0 fully saturated rings. The van der Waals surface area contributed by atoms with E-state index in [1.807, 2.05) is 11.4 Å². The lowest BCUT2D eigenvalue weighted by Crippen LogP contribution is -2.14. The number of carbonyl (C=O) groups excluding carboxylic acids is 1.